The molecular formula is C26H37NO5Si. The van der Waals surface area contributed by atoms with Crippen molar-refractivity contribution in [3.05, 3.63) is 47.5 Å². The van der Waals surface area contributed by atoms with Crippen LogP contribution in [0.4, 0.5) is 0 Å². The highest BCUT2D eigenvalue weighted by atomic mass is 28.4. The molecule has 1 aliphatic heterocycles. The molecule has 2 aromatic carbocycles. The molecule has 0 aliphatic carbocycles. The van der Waals surface area contributed by atoms with E-state index >= 15 is 0 Å². The van der Waals surface area contributed by atoms with Gasteiger partial charge in [-0.15, -0.1) is 0 Å². The fraction of sp³-hybridized carbons (Fsp3) is 0.500. The molecule has 1 amide bonds. The fourth-order valence-corrected chi connectivity index (χ4v) is 4.97. The number of methoxy groups -OCH3 is 3. The second-order valence-electron chi connectivity index (χ2n) is 10.1. The van der Waals surface area contributed by atoms with Crippen LogP contribution in [0.25, 0.3) is 0 Å². The number of carbonyl (C=O) groups excluding carboxylic acids is 1. The van der Waals surface area contributed by atoms with Gasteiger partial charge in [0.05, 0.1) is 21.3 Å². The molecular weight excluding hydrogens is 434 g/mol. The minimum atomic E-state index is -1.97. The van der Waals surface area contributed by atoms with Crippen LogP contribution in [0.1, 0.15) is 49.0 Å². The van der Waals surface area contributed by atoms with Crippen molar-refractivity contribution in [2.24, 2.45) is 0 Å². The van der Waals surface area contributed by atoms with E-state index in [1.54, 1.807) is 33.5 Å². The van der Waals surface area contributed by atoms with Gasteiger partial charge in [0.2, 0.25) is 14.1 Å². The van der Waals surface area contributed by atoms with E-state index in [9.17, 15) is 4.79 Å². The lowest BCUT2D eigenvalue weighted by Crippen LogP contribution is -2.44. The van der Waals surface area contributed by atoms with Crippen LogP contribution >= 0.6 is 0 Å². The maximum atomic E-state index is 13.4. The normalized spacial score (nSPS) is 16.5. The summed E-state index contributed by atoms with van der Waals surface area (Å²) in [6.45, 7) is 12.6. The zero-order valence-electron chi connectivity index (χ0n) is 21.2. The van der Waals surface area contributed by atoms with Crippen molar-refractivity contribution in [2.75, 3.05) is 34.4 Å². The third-order valence-corrected chi connectivity index (χ3v) is 11.3. The number of para-hydroxylation sites is 1. The number of hydrogen-bond donors (Lipinski definition) is 0. The van der Waals surface area contributed by atoms with Gasteiger partial charge in [0.1, 0.15) is 5.75 Å². The minimum Gasteiger partial charge on any atom is -0.543 e. The van der Waals surface area contributed by atoms with Crippen LogP contribution in [0.2, 0.25) is 18.1 Å². The summed E-state index contributed by atoms with van der Waals surface area (Å²) in [5.41, 5.74) is 1.71. The molecule has 7 heteroatoms. The van der Waals surface area contributed by atoms with Crippen LogP contribution in [0, 0.1) is 0 Å². The minimum absolute atomic E-state index is 0.0421. The maximum absolute atomic E-state index is 13.4. The lowest BCUT2D eigenvalue weighted by molar-refractivity contribution is 0.0789. The third kappa shape index (κ3) is 5.13. The summed E-state index contributed by atoms with van der Waals surface area (Å²) in [7, 11) is 2.69. The average molecular weight is 472 g/mol. The Bertz CT molecular complexity index is 973. The third-order valence-electron chi connectivity index (χ3n) is 6.92. The number of carbonyl (C=O) groups is 1. The van der Waals surface area contributed by atoms with Gasteiger partial charge in [0.25, 0.3) is 5.91 Å². The molecule has 1 fully saturated rings. The molecule has 1 aliphatic rings. The van der Waals surface area contributed by atoms with Gasteiger partial charge >= 0.3 is 0 Å². The van der Waals surface area contributed by atoms with E-state index in [1.807, 2.05) is 11.0 Å². The van der Waals surface area contributed by atoms with Crippen molar-refractivity contribution in [1.82, 2.24) is 4.90 Å². The molecule has 0 spiro atoms. The predicted octanol–water partition coefficient (Wildman–Crippen LogP) is 5.73. The lowest BCUT2D eigenvalue weighted by atomic mass is 9.97. The van der Waals surface area contributed by atoms with Gasteiger partial charge < -0.3 is 23.5 Å². The number of rotatable bonds is 7. The Balaban J connectivity index is 1.83. The van der Waals surface area contributed by atoms with Crippen molar-refractivity contribution in [2.45, 2.75) is 51.2 Å². The molecule has 3 rings (SSSR count). The van der Waals surface area contributed by atoms with E-state index in [-0.39, 0.29) is 16.9 Å². The van der Waals surface area contributed by atoms with Gasteiger partial charge in [-0.05, 0) is 48.3 Å². The molecule has 0 radical (unpaired) electrons. The SMILES string of the molecule is COc1cc(C(=O)N2CCC(c3ccccc3O[Si](C)(C)C(C)(C)C)C2)cc(OC)c1OC. The van der Waals surface area contributed by atoms with Crippen LogP contribution in [0.5, 0.6) is 23.0 Å². The van der Waals surface area contributed by atoms with Crippen LogP contribution < -0.4 is 18.6 Å². The molecule has 1 heterocycles. The first-order chi connectivity index (χ1) is 15.5. The first-order valence-corrected chi connectivity index (χ1v) is 14.3. The molecule has 1 unspecified atom stereocenters. The molecule has 1 atom stereocenters. The van der Waals surface area contributed by atoms with Gasteiger partial charge in [-0.25, -0.2) is 0 Å². The molecule has 0 saturated carbocycles. The van der Waals surface area contributed by atoms with Gasteiger partial charge in [0, 0.05) is 24.6 Å². The van der Waals surface area contributed by atoms with Crippen molar-refractivity contribution >= 4 is 14.2 Å². The van der Waals surface area contributed by atoms with Crippen molar-refractivity contribution in [3.8, 4) is 23.0 Å². The largest absolute Gasteiger partial charge is 0.543 e. The summed E-state index contributed by atoms with van der Waals surface area (Å²) in [5.74, 6) is 2.58. The summed E-state index contributed by atoms with van der Waals surface area (Å²) in [6.07, 6.45) is 0.897. The topological polar surface area (TPSA) is 57.2 Å². The Morgan fingerprint density at radius 2 is 1.58 bits per heavy atom. The molecule has 180 valence electrons. The monoisotopic (exact) mass is 471 g/mol. The van der Waals surface area contributed by atoms with Crippen LogP contribution in [-0.2, 0) is 0 Å². The van der Waals surface area contributed by atoms with E-state index in [0.717, 1.165) is 12.2 Å². The zero-order chi connectivity index (χ0) is 24.4. The molecule has 2 aromatic rings. The lowest BCUT2D eigenvalue weighted by Gasteiger charge is -2.37. The maximum Gasteiger partial charge on any atom is 0.254 e. The molecule has 1 saturated heterocycles. The second kappa shape index (κ2) is 9.67. The highest BCUT2D eigenvalue weighted by Crippen LogP contribution is 2.42. The molecule has 0 N–H and O–H groups in total. The summed E-state index contributed by atoms with van der Waals surface area (Å²) >= 11 is 0. The Morgan fingerprint density at radius 3 is 2.12 bits per heavy atom. The Kier molecular flexibility index (Phi) is 7.31. The van der Waals surface area contributed by atoms with Gasteiger partial charge in [0.15, 0.2) is 11.5 Å². The number of hydrogen-bond acceptors (Lipinski definition) is 5. The zero-order valence-corrected chi connectivity index (χ0v) is 22.2. The van der Waals surface area contributed by atoms with Crippen LogP contribution in [0.15, 0.2) is 36.4 Å². The Labute approximate surface area is 198 Å². The number of nitrogens with zero attached hydrogens (tertiary/aromatic N) is 1. The smallest absolute Gasteiger partial charge is 0.254 e. The number of amides is 1. The highest BCUT2D eigenvalue weighted by Gasteiger charge is 2.40. The molecule has 0 aromatic heterocycles. The Morgan fingerprint density at radius 1 is 0.970 bits per heavy atom. The van der Waals surface area contributed by atoms with E-state index in [2.05, 4.69) is 52.1 Å². The van der Waals surface area contributed by atoms with E-state index in [0.29, 0.717) is 35.9 Å². The van der Waals surface area contributed by atoms with Gasteiger partial charge in [-0.1, -0.05) is 39.0 Å². The van der Waals surface area contributed by atoms with Crippen LogP contribution in [0.3, 0.4) is 0 Å². The van der Waals surface area contributed by atoms with E-state index in [1.165, 1.54) is 5.56 Å². The quantitative estimate of drug-likeness (QED) is 0.483. The van der Waals surface area contributed by atoms with E-state index in [4.69, 9.17) is 18.6 Å². The number of benzene rings is 2. The number of ether oxygens (including phenoxy) is 3. The summed E-state index contributed by atoms with van der Waals surface area (Å²) in [6, 6.07) is 11.7. The average Bonchev–Trinajstić information content (AvgIpc) is 3.26. The summed E-state index contributed by atoms with van der Waals surface area (Å²) in [5, 5.41) is 0.115. The number of likely N-dealkylation sites (tertiary alicyclic amines) is 1. The molecule has 0 bridgehead atoms. The fourth-order valence-electron chi connectivity index (χ4n) is 3.92. The first-order valence-electron chi connectivity index (χ1n) is 11.4. The standard InChI is InChI=1S/C26H37NO5Si/c1-26(2,3)33(7,8)32-21-12-10-9-11-20(21)18-13-14-27(17-18)25(28)19-15-22(29-4)24(31-6)23(16-19)30-5/h9-12,15-16,18H,13-14,17H2,1-8H3. The first kappa shape index (κ1) is 25.0. The van der Waals surface area contributed by atoms with Crippen LogP contribution in [-0.4, -0.2) is 53.5 Å². The molecule has 33 heavy (non-hydrogen) atoms. The van der Waals surface area contributed by atoms with Crippen molar-refractivity contribution in [1.29, 1.82) is 0 Å². The van der Waals surface area contributed by atoms with Gasteiger partial charge in [-0.2, -0.15) is 0 Å². The predicted molar refractivity (Wildman–Crippen MR) is 134 cm³/mol. The molecule has 6 nitrogen and oxygen atoms in total. The Hall–Kier alpha value is -2.67. The van der Waals surface area contributed by atoms with Crippen molar-refractivity contribution < 1.29 is 23.4 Å². The van der Waals surface area contributed by atoms with Gasteiger partial charge in [-0.3, -0.25) is 4.79 Å². The van der Waals surface area contributed by atoms with Crippen molar-refractivity contribution in [3.63, 3.8) is 0 Å². The second-order valence-corrected chi connectivity index (χ2v) is 14.8. The van der Waals surface area contributed by atoms with E-state index < -0.39 is 8.32 Å². The highest BCUT2D eigenvalue weighted by molar-refractivity contribution is 6.74. The summed E-state index contributed by atoms with van der Waals surface area (Å²) < 4.78 is 22.9. The summed E-state index contributed by atoms with van der Waals surface area (Å²) in [4.78, 5) is 15.3.